The normalized spacial score (nSPS) is 9.40. The van der Waals surface area contributed by atoms with Gasteiger partial charge in [0.05, 0.1) is 23.3 Å². The molecular formula is C16H13N3O. The van der Waals surface area contributed by atoms with E-state index in [2.05, 4.69) is 0 Å². The Bertz CT molecular complexity index is 659. The molecule has 98 valence electrons. The first-order chi connectivity index (χ1) is 9.62. The molecule has 20 heavy (non-hydrogen) atoms. The van der Waals surface area contributed by atoms with Crippen LogP contribution in [0.15, 0.2) is 42.5 Å². The molecule has 0 amide bonds. The maximum Gasteiger partial charge on any atom is 0.130 e. The first-order valence-corrected chi connectivity index (χ1v) is 6.03. The van der Waals surface area contributed by atoms with Crippen LogP contribution in [0.5, 0.6) is 11.5 Å². The number of rotatable bonds is 3. The van der Waals surface area contributed by atoms with Crippen molar-refractivity contribution in [2.24, 2.45) is 0 Å². The molecule has 0 spiro atoms. The van der Waals surface area contributed by atoms with Crippen LogP contribution in [0.4, 0.5) is 5.69 Å². The molecule has 0 N–H and O–H groups in total. The number of hydrogen-bond donors (Lipinski definition) is 0. The molecule has 0 aliphatic carbocycles. The van der Waals surface area contributed by atoms with Crippen molar-refractivity contribution in [2.75, 3.05) is 19.0 Å². The maximum atomic E-state index is 8.93. The molecule has 0 unspecified atom stereocenters. The first kappa shape index (κ1) is 13.5. The van der Waals surface area contributed by atoms with Gasteiger partial charge in [-0.3, -0.25) is 0 Å². The average molecular weight is 263 g/mol. The van der Waals surface area contributed by atoms with Crippen LogP contribution in [-0.4, -0.2) is 14.1 Å². The molecule has 4 heteroatoms. The molecule has 0 aliphatic heterocycles. The molecule has 2 aromatic rings. The van der Waals surface area contributed by atoms with Crippen molar-refractivity contribution in [3.63, 3.8) is 0 Å². The zero-order chi connectivity index (χ0) is 14.5. The van der Waals surface area contributed by atoms with E-state index < -0.39 is 0 Å². The lowest BCUT2D eigenvalue weighted by molar-refractivity contribution is 0.482. The summed E-state index contributed by atoms with van der Waals surface area (Å²) in [5.74, 6) is 1.15. The lowest BCUT2D eigenvalue weighted by Crippen LogP contribution is -2.07. The van der Waals surface area contributed by atoms with Gasteiger partial charge < -0.3 is 9.64 Å². The second kappa shape index (κ2) is 5.77. The van der Waals surface area contributed by atoms with E-state index in [1.54, 1.807) is 12.1 Å². The highest BCUT2D eigenvalue weighted by Gasteiger charge is 2.03. The fourth-order valence-electron chi connectivity index (χ4n) is 1.74. The Labute approximate surface area is 118 Å². The summed E-state index contributed by atoms with van der Waals surface area (Å²) >= 11 is 0. The van der Waals surface area contributed by atoms with Crippen LogP contribution < -0.4 is 9.64 Å². The van der Waals surface area contributed by atoms with Gasteiger partial charge in [-0.1, -0.05) is 0 Å². The largest absolute Gasteiger partial charge is 0.457 e. The summed E-state index contributed by atoms with van der Waals surface area (Å²) in [5, 5.41) is 17.9. The molecule has 0 bridgehead atoms. The van der Waals surface area contributed by atoms with Crippen LogP contribution >= 0.6 is 0 Å². The second-order valence-electron chi connectivity index (χ2n) is 4.46. The number of benzene rings is 2. The molecule has 2 rings (SSSR count). The smallest absolute Gasteiger partial charge is 0.130 e. The molecule has 0 atom stereocenters. The van der Waals surface area contributed by atoms with Gasteiger partial charge in [0.1, 0.15) is 11.5 Å². The standard InChI is InChI=1S/C16H13N3O/c1-19(2)14-3-5-15(6-4-14)20-16-8-12(10-17)7-13(9-16)11-18/h3-9H,1-2H3. The zero-order valence-electron chi connectivity index (χ0n) is 11.3. The van der Waals surface area contributed by atoms with Crippen molar-refractivity contribution >= 4 is 5.69 Å². The van der Waals surface area contributed by atoms with Gasteiger partial charge in [-0.25, -0.2) is 0 Å². The Morgan fingerprint density at radius 1 is 0.850 bits per heavy atom. The molecule has 0 aromatic heterocycles. The highest BCUT2D eigenvalue weighted by molar-refractivity contribution is 5.50. The van der Waals surface area contributed by atoms with E-state index >= 15 is 0 Å². The highest BCUT2D eigenvalue weighted by Crippen LogP contribution is 2.25. The molecule has 0 aliphatic rings. The van der Waals surface area contributed by atoms with Gasteiger partial charge >= 0.3 is 0 Å². The minimum Gasteiger partial charge on any atom is -0.457 e. The summed E-state index contributed by atoms with van der Waals surface area (Å²) in [5.41, 5.74) is 1.88. The van der Waals surface area contributed by atoms with Crippen molar-refractivity contribution in [2.45, 2.75) is 0 Å². The molecule has 0 fully saturated rings. The summed E-state index contributed by atoms with van der Waals surface area (Å²) in [7, 11) is 3.93. The van der Waals surface area contributed by atoms with Crippen LogP contribution in [0.1, 0.15) is 11.1 Å². The van der Waals surface area contributed by atoms with Gasteiger partial charge in [0, 0.05) is 19.8 Å². The third-order valence-corrected chi connectivity index (χ3v) is 2.75. The predicted molar refractivity (Wildman–Crippen MR) is 76.7 cm³/mol. The van der Waals surface area contributed by atoms with E-state index in [4.69, 9.17) is 15.3 Å². The lowest BCUT2D eigenvalue weighted by Gasteiger charge is -2.13. The fraction of sp³-hybridized carbons (Fsp3) is 0.125. The average Bonchev–Trinajstić information content (AvgIpc) is 2.47. The monoisotopic (exact) mass is 263 g/mol. The second-order valence-corrected chi connectivity index (χ2v) is 4.46. The summed E-state index contributed by atoms with van der Waals surface area (Å²) in [6.45, 7) is 0. The van der Waals surface area contributed by atoms with E-state index in [0.717, 1.165) is 5.69 Å². The fourth-order valence-corrected chi connectivity index (χ4v) is 1.74. The van der Waals surface area contributed by atoms with Crippen LogP contribution in [0.2, 0.25) is 0 Å². The van der Waals surface area contributed by atoms with Crippen LogP contribution in [0, 0.1) is 22.7 Å². The van der Waals surface area contributed by atoms with Gasteiger partial charge in [-0.05, 0) is 42.5 Å². The summed E-state index contributed by atoms with van der Waals surface area (Å²) in [6.07, 6.45) is 0. The zero-order valence-corrected chi connectivity index (χ0v) is 11.3. The van der Waals surface area contributed by atoms with Crippen molar-refractivity contribution in [1.82, 2.24) is 0 Å². The topological polar surface area (TPSA) is 60.0 Å². The van der Waals surface area contributed by atoms with E-state index in [9.17, 15) is 0 Å². The molecule has 4 nitrogen and oxygen atoms in total. The van der Waals surface area contributed by atoms with E-state index in [-0.39, 0.29) is 0 Å². The number of ether oxygens (including phenoxy) is 1. The van der Waals surface area contributed by atoms with E-state index in [0.29, 0.717) is 22.6 Å². The highest BCUT2D eigenvalue weighted by atomic mass is 16.5. The Hall–Kier alpha value is -2.98. The Morgan fingerprint density at radius 3 is 1.85 bits per heavy atom. The SMILES string of the molecule is CN(C)c1ccc(Oc2cc(C#N)cc(C#N)c2)cc1. The quantitative estimate of drug-likeness (QED) is 0.852. The Balaban J connectivity index is 2.26. The molecule has 0 saturated carbocycles. The Morgan fingerprint density at radius 2 is 1.40 bits per heavy atom. The van der Waals surface area contributed by atoms with E-state index in [1.165, 1.54) is 6.07 Å². The molecule has 0 radical (unpaired) electrons. The molecule has 0 saturated heterocycles. The van der Waals surface area contributed by atoms with Gasteiger partial charge in [0.15, 0.2) is 0 Å². The third kappa shape index (κ3) is 3.07. The van der Waals surface area contributed by atoms with Crippen LogP contribution in [-0.2, 0) is 0 Å². The number of nitrogens with zero attached hydrogens (tertiary/aromatic N) is 3. The minimum atomic E-state index is 0.406. The minimum absolute atomic E-state index is 0.406. The Kier molecular flexibility index (Phi) is 3.88. The predicted octanol–water partition coefficient (Wildman–Crippen LogP) is 3.29. The van der Waals surface area contributed by atoms with Crippen molar-refractivity contribution in [3.8, 4) is 23.6 Å². The van der Waals surface area contributed by atoms with Crippen molar-refractivity contribution in [1.29, 1.82) is 10.5 Å². The molecular weight excluding hydrogens is 250 g/mol. The third-order valence-electron chi connectivity index (χ3n) is 2.75. The van der Waals surface area contributed by atoms with Crippen LogP contribution in [0.25, 0.3) is 0 Å². The summed E-state index contributed by atoms with van der Waals surface area (Å²) in [4.78, 5) is 1.99. The van der Waals surface area contributed by atoms with Gasteiger partial charge in [0.25, 0.3) is 0 Å². The van der Waals surface area contributed by atoms with Crippen molar-refractivity contribution < 1.29 is 4.74 Å². The number of hydrogen-bond acceptors (Lipinski definition) is 4. The van der Waals surface area contributed by atoms with Gasteiger partial charge in [0.2, 0.25) is 0 Å². The summed E-state index contributed by atoms with van der Waals surface area (Å²) < 4.78 is 5.68. The van der Waals surface area contributed by atoms with Crippen LogP contribution in [0.3, 0.4) is 0 Å². The van der Waals surface area contributed by atoms with E-state index in [1.807, 2.05) is 55.4 Å². The summed E-state index contributed by atoms with van der Waals surface area (Å²) in [6, 6.07) is 16.4. The maximum absolute atomic E-state index is 8.93. The molecule has 0 heterocycles. The van der Waals surface area contributed by atoms with Gasteiger partial charge in [-0.15, -0.1) is 0 Å². The van der Waals surface area contributed by atoms with Crippen molar-refractivity contribution in [3.05, 3.63) is 53.6 Å². The lowest BCUT2D eigenvalue weighted by atomic mass is 10.1. The molecule has 2 aromatic carbocycles. The van der Waals surface area contributed by atoms with Gasteiger partial charge in [-0.2, -0.15) is 10.5 Å². The number of anilines is 1. The number of nitriles is 2. The first-order valence-electron chi connectivity index (χ1n) is 6.03.